The van der Waals surface area contributed by atoms with E-state index in [0.29, 0.717) is 0 Å². The highest BCUT2D eigenvalue weighted by atomic mass is 16.5. The van der Waals surface area contributed by atoms with Gasteiger partial charge in [0.15, 0.2) is 0 Å². The molecule has 0 N–H and O–H groups in total. The average Bonchev–Trinajstić information content (AvgIpc) is 2.66. The first kappa shape index (κ1) is 16.7. The predicted molar refractivity (Wildman–Crippen MR) is 99.2 cm³/mol. The van der Waals surface area contributed by atoms with Crippen LogP contribution in [0, 0.1) is 0 Å². The van der Waals surface area contributed by atoms with E-state index < -0.39 is 0 Å². The molecule has 3 nitrogen and oxygen atoms in total. The van der Waals surface area contributed by atoms with E-state index in [1.807, 2.05) is 30.3 Å². The molecule has 3 heteroatoms. The van der Waals surface area contributed by atoms with Crippen molar-refractivity contribution in [2.45, 2.75) is 6.42 Å². The molecule has 1 fully saturated rings. The second-order valence-electron chi connectivity index (χ2n) is 5.97. The summed E-state index contributed by atoms with van der Waals surface area (Å²) in [4.78, 5) is 2.43. The van der Waals surface area contributed by atoms with E-state index in [9.17, 15) is 0 Å². The number of hydrogen-bond donors (Lipinski definition) is 0. The molecule has 0 unspecified atom stereocenters. The fraction of sp³-hybridized carbons (Fsp3) is 0.333. The lowest BCUT2D eigenvalue weighted by Gasteiger charge is -2.26. The van der Waals surface area contributed by atoms with Gasteiger partial charge in [0.25, 0.3) is 0 Å². The quantitative estimate of drug-likeness (QED) is 0.569. The van der Waals surface area contributed by atoms with Crippen LogP contribution in [0.25, 0.3) is 12.2 Å². The van der Waals surface area contributed by atoms with Gasteiger partial charge < -0.3 is 9.47 Å². The molecule has 0 amide bonds. The fourth-order valence-electron chi connectivity index (χ4n) is 2.73. The van der Waals surface area contributed by atoms with Crippen molar-refractivity contribution in [2.75, 3.05) is 39.5 Å². The second-order valence-corrected chi connectivity index (χ2v) is 5.97. The van der Waals surface area contributed by atoms with E-state index >= 15 is 0 Å². The van der Waals surface area contributed by atoms with Gasteiger partial charge in [-0.05, 0) is 29.7 Å². The van der Waals surface area contributed by atoms with Crippen LogP contribution in [0.4, 0.5) is 0 Å². The maximum atomic E-state index is 5.83. The molecule has 1 aliphatic heterocycles. The number of rotatable bonds is 7. The molecular weight excluding hydrogens is 298 g/mol. The summed E-state index contributed by atoms with van der Waals surface area (Å²) in [5, 5.41) is 0. The van der Waals surface area contributed by atoms with Crippen LogP contribution in [-0.4, -0.2) is 44.4 Å². The number of benzene rings is 2. The lowest BCUT2D eigenvalue weighted by atomic mass is 10.1. The Balaban J connectivity index is 1.40. The molecule has 0 atom stereocenters. The fourth-order valence-corrected chi connectivity index (χ4v) is 2.73. The average molecular weight is 323 g/mol. The Kier molecular flexibility index (Phi) is 6.46. The van der Waals surface area contributed by atoms with Gasteiger partial charge in [-0.1, -0.05) is 54.6 Å². The molecule has 3 rings (SSSR count). The summed E-state index contributed by atoms with van der Waals surface area (Å²) in [7, 11) is 0. The predicted octanol–water partition coefficient (Wildman–Crippen LogP) is 3.96. The van der Waals surface area contributed by atoms with Crippen LogP contribution in [0.3, 0.4) is 0 Å². The Morgan fingerprint density at radius 2 is 1.54 bits per heavy atom. The SMILES string of the molecule is C(=C\c1ccc(OCCCN2CCOCC2)cc1)/c1ccccc1. The minimum Gasteiger partial charge on any atom is -0.494 e. The largest absolute Gasteiger partial charge is 0.494 e. The van der Waals surface area contributed by atoms with Crippen molar-refractivity contribution in [3.8, 4) is 5.75 Å². The standard InChI is InChI=1S/C21H25NO2/c1-2-5-19(6-3-1)7-8-20-9-11-21(12-10-20)24-16-4-13-22-14-17-23-18-15-22/h1-3,5-12H,4,13-18H2/b8-7+. The summed E-state index contributed by atoms with van der Waals surface area (Å²) < 4.78 is 11.2. The van der Waals surface area contributed by atoms with Gasteiger partial charge >= 0.3 is 0 Å². The molecule has 1 saturated heterocycles. The summed E-state index contributed by atoms with van der Waals surface area (Å²) in [5.41, 5.74) is 2.39. The third-order valence-electron chi connectivity index (χ3n) is 4.14. The maximum absolute atomic E-state index is 5.83. The Labute approximate surface area is 144 Å². The normalized spacial score (nSPS) is 15.7. The van der Waals surface area contributed by atoms with Crippen LogP contribution in [0.2, 0.25) is 0 Å². The zero-order valence-electron chi connectivity index (χ0n) is 14.1. The van der Waals surface area contributed by atoms with Gasteiger partial charge in [0.2, 0.25) is 0 Å². The smallest absolute Gasteiger partial charge is 0.119 e. The Morgan fingerprint density at radius 1 is 0.875 bits per heavy atom. The van der Waals surface area contributed by atoms with E-state index in [1.54, 1.807) is 0 Å². The van der Waals surface area contributed by atoms with Gasteiger partial charge in [0.05, 0.1) is 19.8 Å². The van der Waals surface area contributed by atoms with Crippen molar-refractivity contribution in [3.05, 3.63) is 65.7 Å². The molecule has 24 heavy (non-hydrogen) atoms. The molecule has 0 aromatic heterocycles. The first-order valence-electron chi connectivity index (χ1n) is 8.66. The second kappa shape index (κ2) is 9.26. The van der Waals surface area contributed by atoms with Gasteiger partial charge in [-0.2, -0.15) is 0 Å². The van der Waals surface area contributed by atoms with Gasteiger partial charge in [0.1, 0.15) is 5.75 Å². The summed E-state index contributed by atoms with van der Waals surface area (Å²) in [6.45, 7) is 5.65. The lowest BCUT2D eigenvalue weighted by molar-refractivity contribution is 0.0358. The summed E-state index contributed by atoms with van der Waals surface area (Å²) in [6.07, 6.45) is 5.30. The van der Waals surface area contributed by atoms with E-state index in [2.05, 4.69) is 41.3 Å². The summed E-state index contributed by atoms with van der Waals surface area (Å²) >= 11 is 0. The van der Waals surface area contributed by atoms with Crippen LogP contribution in [0.15, 0.2) is 54.6 Å². The number of hydrogen-bond acceptors (Lipinski definition) is 3. The van der Waals surface area contributed by atoms with Crippen molar-refractivity contribution >= 4 is 12.2 Å². The monoisotopic (exact) mass is 323 g/mol. The van der Waals surface area contributed by atoms with Crippen LogP contribution < -0.4 is 4.74 Å². The molecule has 0 spiro atoms. The van der Waals surface area contributed by atoms with Gasteiger partial charge in [-0.25, -0.2) is 0 Å². The van der Waals surface area contributed by atoms with E-state index in [1.165, 1.54) is 11.1 Å². The third kappa shape index (κ3) is 5.52. The lowest BCUT2D eigenvalue weighted by Crippen LogP contribution is -2.37. The molecule has 0 radical (unpaired) electrons. The Morgan fingerprint density at radius 3 is 2.25 bits per heavy atom. The van der Waals surface area contributed by atoms with E-state index in [0.717, 1.165) is 51.6 Å². The summed E-state index contributed by atoms with van der Waals surface area (Å²) in [5.74, 6) is 0.939. The van der Waals surface area contributed by atoms with Crippen molar-refractivity contribution < 1.29 is 9.47 Å². The zero-order chi connectivity index (χ0) is 16.5. The molecule has 1 heterocycles. The third-order valence-corrected chi connectivity index (χ3v) is 4.14. The number of ether oxygens (including phenoxy) is 2. The highest BCUT2D eigenvalue weighted by Gasteiger charge is 2.09. The van der Waals surface area contributed by atoms with E-state index in [4.69, 9.17) is 9.47 Å². The van der Waals surface area contributed by atoms with Gasteiger partial charge in [-0.15, -0.1) is 0 Å². The van der Waals surface area contributed by atoms with Gasteiger partial charge in [-0.3, -0.25) is 4.90 Å². The van der Waals surface area contributed by atoms with Crippen LogP contribution in [-0.2, 0) is 4.74 Å². The first-order valence-corrected chi connectivity index (χ1v) is 8.66. The summed E-state index contributed by atoms with van der Waals surface area (Å²) in [6, 6.07) is 18.6. The molecule has 0 aliphatic carbocycles. The highest BCUT2D eigenvalue weighted by molar-refractivity contribution is 5.69. The topological polar surface area (TPSA) is 21.7 Å². The molecule has 126 valence electrons. The van der Waals surface area contributed by atoms with Crippen LogP contribution in [0.5, 0.6) is 5.75 Å². The van der Waals surface area contributed by atoms with Crippen molar-refractivity contribution in [1.82, 2.24) is 4.90 Å². The van der Waals surface area contributed by atoms with Crippen molar-refractivity contribution in [3.63, 3.8) is 0 Å². The van der Waals surface area contributed by atoms with E-state index in [-0.39, 0.29) is 0 Å². The minimum absolute atomic E-state index is 0.760. The molecular formula is C21H25NO2. The van der Waals surface area contributed by atoms with Crippen molar-refractivity contribution in [1.29, 1.82) is 0 Å². The zero-order valence-corrected chi connectivity index (χ0v) is 14.1. The minimum atomic E-state index is 0.760. The Hall–Kier alpha value is -2.10. The van der Waals surface area contributed by atoms with Crippen molar-refractivity contribution in [2.24, 2.45) is 0 Å². The van der Waals surface area contributed by atoms with Crippen LogP contribution in [0.1, 0.15) is 17.5 Å². The molecule has 0 saturated carbocycles. The molecule has 2 aromatic carbocycles. The maximum Gasteiger partial charge on any atom is 0.119 e. The Bertz CT molecular complexity index is 616. The molecule has 0 bridgehead atoms. The van der Waals surface area contributed by atoms with Gasteiger partial charge in [0, 0.05) is 19.6 Å². The first-order chi connectivity index (χ1) is 11.9. The highest BCUT2D eigenvalue weighted by Crippen LogP contribution is 2.15. The molecule has 1 aliphatic rings. The number of morpholine rings is 1. The van der Waals surface area contributed by atoms with Crippen LogP contribution >= 0.6 is 0 Å². The number of nitrogens with zero attached hydrogens (tertiary/aromatic N) is 1. The molecule has 2 aromatic rings.